The quantitative estimate of drug-likeness (QED) is 0.737. The zero-order valence-electron chi connectivity index (χ0n) is 10.2. The van der Waals surface area contributed by atoms with Crippen LogP contribution in [0.3, 0.4) is 0 Å². The molecule has 0 saturated carbocycles. The topological polar surface area (TPSA) is 49.6 Å². The molecule has 1 fully saturated rings. The molecule has 1 rings (SSSR count). The molecule has 0 aromatic rings. The van der Waals surface area contributed by atoms with Gasteiger partial charge in [0.1, 0.15) is 0 Å². The Labute approximate surface area is 98.5 Å². The summed E-state index contributed by atoms with van der Waals surface area (Å²) in [5, 5.41) is 0. The highest BCUT2D eigenvalue weighted by molar-refractivity contribution is 5.87. The van der Waals surface area contributed by atoms with Crippen molar-refractivity contribution in [2.75, 3.05) is 26.7 Å². The Morgan fingerprint density at radius 2 is 1.88 bits per heavy atom. The Morgan fingerprint density at radius 1 is 1.35 bits per heavy atom. The number of rotatable bonds is 1. The predicted molar refractivity (Wildman–Crippen MR) is 57.3 cm³/mol. The standard InChI is InChI=1S/C10H18F3N3O/c1-7-6-15(3)4-5-16(7)8(17)9(2,14)10(11,12)13/h7H,4-6,14H2,1-3H3. The molecule has 4 nitrogen and oxygen atoms in total. The predicted octanol–water partition coefficient (Wildman–Crippen LogP) is 0.429. The molecule has 0 aromatic carbocycles. The average Bonchev–Trinajstić information content (AvgIpc) is 2.14. The normalized spacial score (nSPS) is 26.8. The van der Waals surface area contributed by atoms with Gasteiger partial charge in [-0.15, -0.1) is 0 Å². The first kappa shape index (κ1) is 14.2. The van der Waals surface area contributed by atoms with Crippen molar-refractivity contribution < 1.29 is 18.0 Å². The molecule has 0 aromatic heterocycles. The van der Waals surface area contributed by atoms with Crippen LogP contribution < -0.4 is 5.73 Å². The fourth-order valence-corrected chi connectivity index (χ4v) is 1.86. The summed E-state index contributed by atoms with van der Waals surface area (Å²) in [5.41, 5.74) is 2.33. The van der Waals surface area contributed by atoms with Crippen molar-refractivity contribution in [3.63, 3.8) is 0 Å². The summed E-state index contributed by atoms with van der Waals surface area (Å²) in [5.74, 6) is -1.05. The highest BCUT2D eigenvalue weighted by Crippen LogP contribution is 2.30. The molecule has 2 atom stereocenters. The Morgan fingerprint density at radius 3 is 2.29 bits per heavy atom. The minimum atomic E-state index is -4.73. The maximum Gasteiger partial charge on any atom is 0.415 e. The van der Waals surface area contributed by atoms with Crippen LogP contribution in [0.5, 0.6) is 0 Å². The Bertz CT molecular complexity index is 304. The summed E-state index contributed by atoms with van der Waals surface area (Å²) in [4.78, 5) is 15.0. The molecule has 0 radical (unpaired) electrons. The molecule has 1 saturated heterocycles. The van der Waals surface area contributed by atoms with E-state index in [1.807, 2.05) is 11.9 Å². The molecule has 0 aliphatic carbocycles. The van der Waals surface area contributed by atoms with Crippen LogP contribution in [0.1, 0.15) is 13.8 Å². The molecule has 2 N–H and O–H groups in total. The van der Waals surface area contributed by atoms with E-state index in [-0.39, 0.29) is 12.6 Å². The summed E-state index contributed by atoms with van der Waals surface area (Å²) in [6.07, 6.45) is -4.73. The smallest absolute Gasteiger partial charge is 0.336 e. The van der Waals surface area contributed by atoms with Crippen LogP contribution >= 0.6 is 0 Å². The van der Waals surface area contributed by atoms with Crippen molar-refractivity contribution in [2.24, 2.45) is 5.73 Å². The van der Waals surface area contributed by atoms with Gasteiger partial charge >= 0.3 is 6.18 Å². The van der Waals surface area contributed by atoms with Crippen LogP contribution in [0.15, 0.2) is 0 Å². The second-order valence-corrected chi connectivity index (χ2v) is 4.81. The first-order chi connectivity index (χ1) is 7.57. The number of alkyl halides is 3. The van der Waals surface area contributed by atoms with Crippen molar-refractivity contribution >= 4 is 5.91 Å². The maximum absolute atomic E-state index is 12.7. The summed E-state index contributed by atoms with van der Waals surface area (Å²) < 4.78 is 38.0. The van der Waals surface area contributed by atoms with E-state index in [2.05, 4.69) is 0 Å². The van der Waals surface area contributed by atoms with E-state index in [4.69, 9.17) is 5.73 Å². The van der Waals surface area contributed by atoms with E-state index in [0.29, 0.717) is 13.1 Å². The van der Waals surface area contributed by atoms with Crippen LogP contribution in [0.2, 0.25) is 0 Å². The second kappa shape index (κ2) is 4.45. The Kier molecular flexibility index (Phi) is 3.73. The van der Waals surface area contributed by atoms with Gasteiger partial charge in [0.05, 0.1) is 0 Å². The average molecular weight is 253 g/mol. The summed E-state index contributed by atoms with van der Waals surface area (Å²) in [7, 11) is 1.86. The SMILES string of the molecule is CC1CN(C)CCN1C(=O)C(C)(N)C(F)(F)F. The van der Waals surface area contributed by atoms with Gasteiger partial charge in [-0.25, -0.2) is 0 Å². The molecule has 1 aliphatic rings. The molecular weight excluding hydrogens is 235 g/mol. The molecule has 17 heavy (non-hydrogen) atoms. The highest BCUT2D eigenvalue weighted by atomic mass is 19.4. The third-order valence-corrected chi connectivity index (χ3v) is 3.12. The zero-order valence-corrected chi connectivity index (χ0v) is 10.2. The lowest BCUT2D eigenvalue weighted by atomic mass is 9.99. The summed E-state index contributed by atoms with van der Waals surface area (Å²) in [6.45, 7) is 3.84. The molecule has 2 unspecified atom stereocenters. The number of hydrogen-bond acceptors (Lipinski definition) is 3. The number of likely N-dealkylation sites (N-methyl/N-ethyl adjacent to an activating group) is 1. The second-order valence-electron chi connectivity index (χ2n) is 4.81. The monoisotopic (exact) mass is 253 g/mol. The lowest BCUT2D eigenvalue weighted by Gasteiger charge is -2.42. The van der Waals surface area contributed by atoms with Crippen LogP contribution in [-0.4, -0.2) is 60.1 Å². The minimum Gasteiger partial charge on any atom is -0.336 e. The van der Waals surface area contributed by atoms with Gasteiger partial charge in [0.2, 0.25) is 0 Å². The number of piperazine rings is 1. The van der Waals surface area contributed by atoms with E-state index >= 15 is 0 Å². The van der Waals surface area contributed by atoms with Crippen molar-refractivity contribution in [3.05, 3.63) is 0 Å². The van der Waals surface area contributed by atoms with Gasteiger partial charge in [0.15, 0.2) is 5.54 Å². The van der Waals surface area contributed by atoms with Gasteiger partial charge in [0, 0.05) is 25.7 Å². The zero-order chi connectivity index (χ0) is 13.4. The number of nitrogens with two attached hydrogens (primary N) is 1. The number of halogens is 3. The van der Waals surface area contributed by atoms with Gasteiger partial charge in [-0.1, -0.05) is 0 Å². The van der Waals surface area contributed by atoms with Gasteiger partial charge < -0.3 is 15.5 Å². The molecule has 0 bridgehead atoms. The minimum absolute atomic E-state index is 0.258. The molecule has 100 valence electrons. The van der Waals surface area contributed by atoms with Crippen molar-refractivity contribution in [1.29, 1.82) is 0 Å². The molecule has 1 aliphatic heterocycles. The molecule has 1 amide bonds. The maximum atomic E-state index is 12.7. The number of nitrogens with zero attached hydrogens (tertiary/aromatic N) is 2. The number of hydrogen-bond donors (Lipinski definition) is 1. The Balaban J connectivity index is 2.83. The first-order valence-electron chi connectivity index (χ1n) is 5.42. The van der Waals surface area contributed by atoms with Crippen LogP contribution in [0.25, 0.3) is 0 Å². The van der Waals surface area contributed by atoms with E-state index in [9.17, 15) is 18.0 Å². The molecule has 1 heterocycles. The first-order valence-corrected chi connectivity index (χ1v) is 5.42. The lowest BCUT2D eigenvalue weighted by Crippen LogP contribution is -2.66. The number of carbonyl (C=O) groups is 1. The van der Waals surface area contributed by atoms with E-state index in [1.165, 1.54) is 4.90 Å². The fourth-order valence-electron chi connectivity index (χ4n) is 1.86. The van der Waals surface area contributed by atoms with E-state index in [0.717, 1.165) is 6.92 Å². The van der Waals surface area contributed by atoms with Crippen molar-refractivity contribution in [3.8, 4) is 0 Å². The lowest BCUT2D eigenvalue weighted by molar-refractivity contribution is -0.195. The van der Waals surface area contributed by atoms with Crippen LogP contribution in [-0.2, 0) is 4.79 Å². The summed E-state index contributed by atoms with van der Waals surface area (Å²) >= 11 is 0. The van der Waals surface area contributed by atoms with Gasteiger partial charge in [-0.3, -0.25) is 4.79 Å². The van der Waals surface area contributed by atoms with Crippen LogP contribution in [0, 0.1) is 0 Å². The third-order valence-electron chi connectivity index (χ3n) is 3.12. The largest absolute Gasteiger partial charge is 0.415 e. The Hall–Kier alpha value is -0.820. The van der Waals surface area contributed by atoms with Crippen LogP contribution in [0.4, 0.5) is 13.2 Å². The number of amides is 1. The van der Waals surface area contributed by atoms with E-state index < -0.39 is 17.6 Å². The number of carbonyl (C=O) groups excluding carboxylic acids is 1. The van der Waals surface area contributed by atoms with Gasteiger partial charge in [0.25, 0.3) is 5.91 Å². The summed E-state index contributed by atoms with van der Waals surface area (Å²) in [6, 6.07) is -0.258. The highest BCUT2D eigenvalue weighted by Gasteiger charge is 2.56. The fraction of sp³-hybridized carbons (Fsp3) is 0.900. The molecule has 7 heteroatoms. The van der Waals surface area contributed by atoms with Crippen molar-refractivity contribution in [2.45, 2.75) is 31.6 Å². The van der Waals surface area contributed by atoms with Crippen molar-refractivity contribution in [1.82, 2.24) is 9.80 Å². The third kappa shape index (κ3) is 2.71. The molecular formula is C10H18F3N3O. The molecule has 0 spiro atoms. The van der Waals surface area contributed by atoms with Gasteiger partial charge in [-0.05, 0) is 20.9 Å². The van der Waals surface area contributed by atoms with E-state index in [1.54, 1.807) is 6.92 Å². The van der Waals surface area contributed by atoms with Gasteiger partial charge in [-0.2, -0.15) is 13.2 Å².